The van der Waals surface area contributed by atoms with E-state index in [4.69, 9.17) is 30.2 Å². The van der Waals surface area contributed by atoms with Gasteiger partial charge in [-0.1, -0.05) is 12.2 Å². The lowest BCUT2D eigenvalue weighted by Gasteiger charge is -1.83. The zero-order valence-electron chi connectivity index (χ0n) is 4.38. The Balaban J connectivity index is 3.12. The van der Waals surface area contributed by atoms with Crippen molar-refractivity contribution in [2.75, 3.05) is 0 Å². The summed E-state index contributed by atoms with van der Waals surface area (Å²) in [6.07, 6.45) is 1.72. The van der Waals surface area contributed by atoms with Crippen LogP contribution in [0.1, 0.15) is 4.88 Å². The van der Waals surface area contributed by atoms with Gasteiger partial charge in [0.2, 0.25) is 0 Å². The highest BCUT2D eigenvalue weighted by molar-refractivity contribution is 7.81. The van der Waals surface area contributed by atoms with Crippen LogP contribution in [0.25, 0.3) is 0 Å². The Morgan fingerprint density at radius 2 is 2.44 bits per heavy atom. The van der Waals surface area contributed by atoms with Gasteiger partial charge in [0.1, 0.15) is 4.99 Å². The normalized spacial score (nSPS) is 9.33. The van der Waals surface area contributed by atoms with Gasteiger partial charge in [0.25, 0.3) is 0 Å². The molecule has 48 valence electrons. The summed E-state index contributed by atoms with van der Waals surface area (Å²) in [5.41, 5.74) is 5.30. The highest BCUT2D eigenvalue weighted by Gasteiger charge is 1.95. The molecule has 2 nitrogen and oxygen atoms in total. The first kappa shape index (κ1) is 6.85. The van der Waals surface area contributed by atoms with Crippen molar-refractivity contribution in [2.45, 2.75) is 0 Å². The molecule has 1 aromatic heterocycles. The van der Waals surface area contributed by atoms with Gasteiger partial charge in [-0.2, -0.15) is 0 Å². The first-order valence-electron chi connectivity index (χ1n) is 2.18. The highest BCUT2D eigenvalue weighted by atomic mass is 32.1. The van der Waals surface area contributed by atoms with E-state index in [-0.39, 0.29) is 0 Å². The molecule has 0 bridgehead atoms. The Labute approximate surface area is 66.7 Å². The molecule has 0 radical (unpaired) electrons. The molecule has 5 heteroatoms. The van der Waals surface area contributed by atoms with Gasteiger partial charge in [-0.05, 0) is 12.2 Å². The second-order valence-electron chi connectivity index (χ2n) is 1.41. The van der Waals surface area contributed by atoms with Crippen LogP contribution in [0.4, 0.5) is 0 Å². The van der Waals surface area contributed by atoms with E-state index in [1.165, 1.54) is 11.3 Å². The van der Waals surface area contributed by atoms with E-state index in [1.54, 1.807) is 6.20 Å². The minimum absolute atomic E-state index is 0.396. The summed E-state index contributed by atoms with van der Waals surface area (Å²) >= 11 is 10.9. The minimum Gasteiger partial charge on any atom is -0.389 e. The molecule has 0 saturated heterocycles. The smallest absolute Gasteiger partial charge is 0.159 e. The van der Waals surface area contributed by atoms with Crippen LogP contribution in [-0.2, 0) is 0 Å². The SMILES string of the molecule is NC(=S)c1c[nH]c(=S)s1. The first-order valence-corrected chi connectivity index (χ1v) is 3.82. The van der Waals surface area contributed by atoms with Crippen LogP contribution in [0.5, 0.6) is 0 Å². The maximum absolute atomic E-state index is 5.30. The van der Waals surface area contributed by atoms with E-state index in [1.807, 2.05) is 0 Å². The highest BCUT2D eigenvalue weighted by Crippen LogP contribution is 2.06. The topological polar surface area (TPSA) is 41.8 Å². The number of hydrogen-bond donors (Lipinski definition) is 2. The molecule has 0 aliphatic heterocycles. The number of nitrogens with two attached hydrogens (primary N) is 1. The zero-order chi connectivity index (χ0) is 6.85. The fourth-order valence-corrected chi connectivity index (χ4v) is 1.45. The van der Waals surface area contributed by atoms with Crippen LogP contribution >= 0.6 is 35.8 Å². The maximum Gasteiger partial charge on any atom is 0.159 e. The minimum atomic E-state index is 0.396. The predicted octanol–water partition coefficient (Wildman–Crippen LogP) is 1.44. The summed E-state index contributed by atoms with van der Waals surface area (Å²) < 4.78 is 0.706. The summed E-state index contributed by atoms with van der Waals surface area (Å²) in [6, 6.07) is 0. The van der Waals surface area contributed by atoms with Crippen molar-refractivity contribution in [3.8, 4) is 0 Å². The van der Waals surface area contributed by atoms with Gasteiger partial charge < -0.3 is 10.7 Å². The molecule has 1 aromatic rings. The Morgan fingerprint density at radius 1 is 1.78 bits per heavy atom. The van der Waals surface area contributed by atoms with Crippen LogP contribution in [0, 0.1) is 3.95 Å². The van der Waals surface area contributed by atoms with Crippen LogP contribution in [0.3, 0.4) is 0 Å². The lowest BCUT2D eigenvalue weighted by molar-refractivity contribution is 1.39. The number of thiocarbonyl (C=S) groups is 1. The van der Waals surface area contributed by atoms with E-state index in [0.717, 1.165) is 4.88 Å². The van der Waals surface area contributed by atoms with Crippen molar-refractivity contribution < 1.29 is 0 Å². The fraction of sp³-hybridized carbons (Fsp3) is 0. The summed E-state index contributed by atoms with van der Waals surface area (Å²) in [6.45, 7) is 0. The van der Waals surface area contributed by atoms with Gasteiger partial charge in [0.15, 0.2) is 3.95 Å². The van der Waals surface area contributed by atoms with Crippen LogP contribution < -0.4 is 5.73 Å². The maximum atomic E-state index is 5.30. The van der Waals surface area contributed by atoms with Gasteiger partial charge in [-0.3, -0.25) is 0 Å². The van der Waals surface area contributed by atoms with E-state index >= 15 is 0 Å². The number of aromatic nitrogens is 1. The Bertz CT molecular complexity index is 271. The van der Waals surface area contributed by atoms with Gasteiger partial charge in [-0.15, -0.1) is 11.3 Å². The molecule has 1 rings (SSSR count). The monoisotopic (exact) mass is 176 g/mol. The molecule has 0 spiro atoms. The summed E-state index contributed by atoms with van der Waals surface area (Å²) in [4.78, 5) is 4.05. The summed E-state index contributed by atoms with van der Waals surface area (Å²) in [5.74, 6) is 0. The Morgan fingerprint density at radius 3 is 2.67 bits per heavy atom. The second-order valence-corrected chi connectivity index (χ2v) is 3.57. The average molecular weight is 176 g/mol. The molecule has 9 heavy (non-hydrogen) atoms. The number of H-pyrrole nitrogens is 1. The zero-order valence-corrected chi connectivity index (χ0v) is 6.83. The Kier molecular flexibility index (Phi) is 1.94. The molecule has 0 aliphatic carbocycles. The molecule has 0 atom stereocenters. The quantitative estimate of drug-likeness (QED) is 0.636. The second kappa shape index (κ2) is 2.55. The van der Waals surface area contributed by atoms with Crippen LogP contribution in [0.2, 0.25) is 0 Å². The van der Waals surface area contributed by atoms with Crippen LogP contribution in [-0.4, -0.2) is 9.97 Å². The molecule has 1 heterocycles. The number of hydrogen-bond acceptors (Lipinski definition) is 3. The fourth-order valence-electron chi connectivity index (χ4n) is 0.405. The van der Waals surface area contributed by atoms with Gasteiger partial charge in [0, 0.05) is 6.20 Å². The van der Waals surface area contributed by atoms with E-state index in [9.17, 15) is 0 Å². The number of thiazole rings is 1. The third kappa shape index (κ3) is 1.57. The van der Waals surface area contributed by atoms with Crippen LogP contribution in [0.15, 0.2) is 6.20 Å². The molecule has 0 fully saturated rings. The molecular formula is C4H4N2S3. The van der Waals surface area contributed by atoms with Crippen molar-refractivity contribution >= 4 is 40.8 Å². The number of aromatic amines is 1. The van der Waals surface area contributed by atoms with Crippen molar-refractivity contribution in [1.29, 1.82) is 0 Å². The third-order valence-corrected chi connectivity index (χ3v) is 2.34. The lowest BCUT2D eigenvalue weighted by atomic mass is 10.6. The molecule has 0 aromatic carbocycles. The van der Waals surface area contributed by atoms with E-state index < -0.39 is 0 Å². The predicted molar refractivity (Wildman–Crippen MR) is 45.4 cm³/mol. The Hall–Kier alpha value is -0.260. The van der Waals surface area contributed by atoms with Crippen molar-refractivity contribution in [3.05, 3.63) is 15.0 Å². The number of rotatable bonds is 1. The van der Waals surface area contributed by atoms with Gasteiger partial charge in [0.05, 0.1) is 4.88 Å². The van der Waals surface area contributed by atoms with Crippen molar-refractivity contribution in [2.24, 2.45) is 5.73 Å². The van der Waals surface area contributed by atoms with Crippen molar-refractivity contribution in [3.63, 3.8) is 0 Å². The summed E-state index contributed by atoms with van der Waals surface area (Å²) in [5, 5.41) is 0. The molecular weight excluding hydrogens is 172 g/mol. The molecule has 0 unspecified atom stereocenters. The standard InChI is InChI=1S/C4H4N2S3/c5-3(7)2-1-6-4(8)9-2/h1H,(H2,5,7)(H,6,8). The first-order chi connectivity index (χ1) is 4.20. The van der Waals surface area contributed by atoms with Gasteiger partial charge >= 0.3 is 0 Å². The van der Waals surface area contributed by atoms with E-state index in [0.29, 0.717) is 8.94 Å². The summed E-state index contributed by atoms with van der Waals surface area (Å²) in [7, 11) is 0. The molecule has 3 N–H and O–H groups in total. The molecule has 0 aliphatic rings. The van der Waals surface area contributed by atoms with E-state index in [2.05, 4.69) is 4.98 Å². The largest absolute Gasteiger partial charge is 0.389 e. The number of nitrogens with one attached hydrogen (secondary N) is 1. The lowest BCUT2D eigenvalue weighted by Crippen LogP contribution is -2.06. The van der Waals surface area contributed by atoms with Gasteiger partial charge in [-0.25, -0.2) is 0 Å². The molecule has 0 saturated carbocycles. The molecule has 0 amide bonds. The average Bonchev–Trinajstić information content (AvgIpc) is 2.14. The third-order valence-electron chi connectivity index (χ3n) is 0.767. The van der Waals surface area contributed by atoms with Crippen molar-refractivity contribution in [1.82, 2.24) is 4.98 Å².